The van der Waals surface area contributed by atoms with Crippen LogP contribution in [0.2, 0.25) is 0 Å². The summed E-state index contributed by atoms with van der Waals surface area (Å²) < 4.78 is 0. The summed E-state index contributed by atoms with van der Waals surface area (Å²) >= 11 is 0. The molecule has 1 N–H and O–H groups in total. The van der Waals surface area contributed by atoms with Crippen LogP contribution in [0.5, 0.6) is 0 Å². The average Bonchev–Trinajstić information content (AvgIpc) is 2.92. The van der Waals surface area contributed by atoms with Crippen molar-refractivity contribution in [2.24, 2.45) is 0 Å². The lowest BCUT2D eigenvalue weighted by atomic mass is 9.94. The van der Waals surface area contributed by atoms with E-state index in [-0.39, 0.29) is 36.0 Å². The molecule has 3 aliphatic rings. The maximum Gasteiger partial charge on any atom is 0.322 e. The molecule has 2 atom stereocenters. The zero-order valence-electron chi connectivity index (χ0n) is 16.7. The van der Waals surface area contributed by atoms with Crippen molar-refractivity contribution in [3.8, 4) is 0 Å². The predicted octanol–water partition coefficient (Wildman–Crippen LogP) is 4.41. The summed E-state index contributed by atoms with van der Waals surface area (Å²) in [5.74, 6) is -0.411. The van der Waals surface area contributed by atoms with Gasteiger partial charge in [-0.2, -0.15) is 0 Å². The van der Waals surface area contributed by atoms with E-state index in [9.17, 15) is 14.4 Å². The molecule has 6 nitrogen and oxygen atoms in total. The van der Waals surface area contributed by atoms with Gasteiger partial charge in [-0.25, -0.2) is 4.79 Å². The summed E-state index contributed by atoms with van der Waals surface area (Å²) in [6, 6.07) is 5.33. The molecule has 0 spiro atoms. The topological polar surface area (TPSA) is 69.7 Å². The molecule has 2 aliphatic heterocycles. The third-order valence-corrected chi connectivity index (χ3v) is 6.54. The Hall–Kier alpha value is -2.37. The van der Waals surface area contributed by atoms with Gasteiger partial charge in [-0.3, -0.25) is 14.5 Å². The second-order valence-electron chi connectivity index (χ2n) is 8.50. The zero-order chi connectivity index (χ0) is 19.8. The van der Waals surface area contributed by atoms with Crippen LogP contribution in [-0.4, -0.2) is 45.8 Å². The number of fused-ring (bicyclic) bond motifs is 1. The minimum Gasteiger partial charge on any atom is -0.319 e. The summed E-state index contributed by atoms with van der Waals surface area (Å²) in [5, 5.41) is 2.94. The van der Waals surface area contributed by atoms with Gasteiger partial charge in [0.1, 0.15) is 0 Å². The highest BCUT2D eigenvalue weighted by molar-refractivity contribution is 6.22. The second kappa shape index (κ2) is 7.57. The second-order valence-corrected chi connectivity index (χ2v) is 8.50. The van der Waals surface area contributed by atoms with E-state index in [2.05, 4.69) is 19.2 Å². The lowest BCUT2D eigenvalue weighted by molar-refractivity contribution is 0.0549. The largest absolute Gasteiger partial charge is 0.322 e. The number of benzene rings is 1. The molecule has 1 aliphatic carbocycles. The van der Waals surface area contributed by atoms with E-state index >= 15 is 0 Å². The van der Waals surface area contributed by atoms with Gasteiger partial charge < -0.3 is 10.2 Å². The molecule has 2 heterocycles. The van der Waals surface area contributed by atoms with Crippen LogP contribution in [0.1, 0.15) is 85.9 Å². The van der Waals surface area contributed by atoms with E-state index in [1.165, 1.54) is 11.3 Å². The van der Waals surface area contributed by atoms with E-state index in [4.69, 9.17) is 0 Å². The highest BCUT2D eigenvalue weighted by atomic mass is 16.2. The Kier molecular flexibility index (Phi) is 5.13. The quantitative estimate of drug-likeness (QED) is 0.769. The molecule has 1 saturated carbocycles. The summed E-state index contributed by atoms with van der Waals surface area (Å²) in [6.07, 6.45) is 8.22. The van der Waals surface area contributed by atoms with Crippen LogP contribution in [0.15, 0.2) is 18.2 Å². The normalized spacial score (nSPS) is 25.8. The molecule has 2 unspecified atom stereocenters. The first-order chi connectivity index (χ1) is 13.5. The summed E-state index contributed by atoms with van der Waals surface area (Å²) in [5.41, 5.74) is 1.43. The van der Waals surface area contributed by atoms with Crippen LogP contribution in [-0.2, 0) is 0 Å². The molecule has 150 valence electrons. The summed E-state index contributed by atoms with van der Waals surface area (Å²) in [6.45, 7) is 4.14. The number of likely N-dealkylation sites (tertiary alicyclic amines) is 1. The molecule has 1 aromatic carbocycles. The lowest BCUT2D eigenvalue weighted by Gasteiger charge is -2.38. The van der Waals surface area contributed by atoms with Gasteiger partial charge in [0.25, 0.3) is 11.8 Å². The van der Waals surface area contributed by atoms with Gasteiger partial charge in [0.15, 0.2) is 0 Å². The van der Waals surface area contributed by atoms with E-state index < -0.39 is 0 Å². The average molecular weight is 383 g/mol. The molecule has 1 aromatic rings. The molecule has 1 saturated heterocycles. The first-order valence-electron chi connectivity index (χ1n) is 10.6. The van der Waals surface area contributed by atoms with Crippen LogP contribution in [0.3, 0.4) is 0 Å². The van der Waals surface area contributed by atoms with Gasteiger partial charge >= 0.3 is 6.03 Å². The summed E-state index contributed by atoms with van der Waals surface area (Å²) in [7, 11) is 0. The van der Waals surface area contributed by atoms with Crippen molar-refractivity contribution in [1.82, 2.24) is 9.80 Å². The molecule has 0 radical (unpaired) electrons. The van der Waals surface area contributed by atoms with Gasteiger partial charge in [-0.15, -0.1) is 0 Å². The van der Waals surface area contributed by atoms with Gasteiger partial charge in [0.05, 0.1) is 11.1 Å². The number of hydrogen-bond donors (Lipinski definition) is 1. The number of imide groups is 1. The lowest BCUT2D eigenvalue weighted by Crippen LogP contribution is -2.49. The van der Waals surface area contributed by atoms with Crippen molar-refractivity contribution in [1.29, 1.82) is 0 Å². The van der Waals surface area contributed by atoms with Crippen LogP contribution in [0, 0.1) is 0 Å². The highest BCUT2D eigenvalue weighted by Crippen LogP contribution is 2.32. The fourth-order valence-corrected chi connectivity index (χ4v) is 5.02. The number of carbonyl (C=O) groups is 3. The first-order valence-corrected chi connectivity index (χ1v) is 10.6. The van der Waals surface area contributed by atoms with Crippen molar-refractivity contribution in [2.75, 3.05) is 5.32 Å². The molecule has 2 fully saturated rings. The fraction of sp³-hybridized carbons (Fsp3) is 0.591. The van der Waals surface area contributed by atoms with Gasteiger partial charge in [0.2, 0.25) is 0 Å². The number of urea groups is 1. The van der Waals surface area contributed by atoms with Crippen molar-refractivity contribution >= 4 is 23.5 Å². The van der Waals surface area contributed by atoms with Crippen LogP contribution < -0.4 is 5.32 Å². The molecule has 4 amide bonds. The highest BCUT2D eigenvalue weighted by Gasteiger charge is 2.40. The third-order valence-electron chi connectivity index (χ3n) is 6.54. The fourth-order valence-electron chi connectivity index (χ4n) is 5.02. The van der Waals surface area contributed by atoms with Gasteiger partial charge in [-0.1, -0.05) is 19.3 Å². The zero-order valence-corrected chi connectivity index (χ0v) is 16.7. The molecule has 6 heteroatoms. The van der Waals surface area contributed by atoms with Crippen LogP contribution in [0.4, 0.5) is 10.5 Å². The van der Waals surface area contributed by atoms with Gasteiger partial charge in [0, 0.05) is 23.8 Å². The van der Waals surface area contributed by atoms with Crippen LogP contribution in [0.25, 0.3) is 0 Å². The Morgan fingerprint density at radius 2 is 1.54 bits per heavy atom. The Labute approximate surface area is 166 Å². The Morgan fingerprint density at radius 1 is 0.893 bits per heavy atom. The first kappa shape index (κ1) is 19.0. The minimum absolute atomic E-state index is 0.00856. The van der Waals surface area contributed by atoms with Crippen molar-refractivity contribution in [3.63, 3.8) is 0 Å². The SMILES string of the molecule is CC1CCCC(C)N1C(=O)Nc1ccc2c(c1)C(=O)N(C1CCCCC1)C2=O. The van der Waals surface area contributed by atoms with Crippen LogP contribution >= 0.6 is 0 Å². The molecule has 0 aromatic heterocycles. The maximum atomic E-state index is 12.9. The Morgan fingerprint density at radius 3 is 2.21 bits per heavy atom. The smallest absolute Gasteiger partial charge is 0.319 e. The standard InChI is InChI=1S/C22H29N3O3/c1-14-7-6-8-15(2)24(14)22(28)23-16-11-12-18-19(13-16)21(27)25(20(18)26)17-9-4-3-5-10-17/h11-15,17H,3-10H2,1-2H3,(H,23,28). The number of amides is 4. The number of hydrogen-bond acceptors (Lipinski definition) is 3. The molecular weight excluding hydrogens is 354 g/mol. The van der Waals surface area contributed by atoms with E-state index in [0.717, 1.165) is 44.9 Å². The van der Waals surface area contributed by atoms with Gasteiger partial charge in [-0.05, 0) is 64.2 Å². The van der Waals surface area contributed by atoms with Crippen molar-refractivity contribution < 1.29 is 14.4 Å². The maximum absolute atomic E-state index is 12.9. The number of anilines is 1. The number of rotatable bonds is 2. The molecule has 28 heavy (non-hydrogen) atoms. The molecule has 4 rings (SSSR count). The number of carbonyl (C=O) groups excluding carboxylic acids is 3. The Bertz CT molecular complexity index is 790. The van der Waals surface area contributed by atoms with E-state index in [1.807, 2.05) is 4.90 Å². The van der Waals surface area contributed by atoms with E-state index in [0.29, 0.717) is 16.8 Å². The predicted molar refractivity (Wildman–Crippen MR) is 107 cm³/mol. The van der Waals surface area contributed by atoms with Crippen molar-refractivity contribution in [2.45, 2.75) is 83.3 Å². The monoisotopic (exact) mass is 383 g/mol. The third kappa shape index (κ3) is 3.29. The van der Waals surface area contributed by atoms with Crippen molar-refractivity contribution in [3.05, 3.63) is 29.3 Å². The number of piperidine rings is 1. The van der Waals surface area contributed by atoms with E-state index in [1.54, 1.807) is 18.2 Å². The molecular formula is C22H29N3O3. The summed E-state index contributed by atoms with van der Waals surface area (Å²) in [4.78, 5) is 41.8. The number of nitrogens with zero attached hydrogens (tertiary/aromatic N) is 2. The number of nitrogens with one attached hydrogen (secondary N) is 1. The minimum atomic E-state index is -0.220. The Balaban J connectivity index is 1.52. The molecule has 0 bridgehead atoms.